The lowest BCUT2D eigenvalue weighted by Crippen LogP contribution is -2.49. The van der Waals surface area contributed by atoms with Gasteiger partial charge in [-0.15, -0.1) is 0 Å². The van der Waals surface area contributed by atoms with E-state index < -0.39 is 69.6 Å². The number of phosphoric acid groups is 1. The lowest BCUT2D eigenvalue weighted by molar-refractivity contribution is -0.182. The van der Waals surface area contributed by atoms with Crippen LogP contribution in [0.25, 0.3) is 0 Å². The van der Waals surface area contributed by atoms with E-state index in [1.54, 1.807) is 0 Å². The largest absolute Gasteiger partial charge is 0.472 e. The Kier molecular flexibility index (Phi) is 14.7. The van der Waals surface area contributed by atoms with Gasteiger partial charge >= 0.3 is 7.82 Å². The molecule has 0 radical (unpaired) electrons. The molecule has 9 atom stereocenters. The topological polar surface area (TPSA) is 303 Å². The van der Waals surface area contributed by atoms with Crippen LogP contribution in [0.15, 0.2) is 0 Å². The van der Waals surface area contributed by atoms with Gasteiger partial charge in [0.25, 0.3) is 0 Å². The number of hydrogen-bond donors (Lipinski definition) is 12. The zero-order chi connectivity index (χ0) is 23.5. The minimum absolute atomic E-state index is 0.0258. The number of rotatable bonds is 12. The summed E-state index contributed by atoms with van der Waals surface area (Å²) in [5, 5.41) is 88.6. The number of hydrogen-bond acceptors (Lipinski definition) is 14. The zero-order valence-electron chi connectivity index (χ0n) is 14.5. The van der Waals surface area contributed by atoms with Crippen LogP contribution >= 0.6 is 7.82 Å². The molecule has 0 saturated carbocycles. The summed E-state index contributed by atoms with van der Waals surface area (Å²) in [6.07, 6.45) is -18.3. The first-order valence-electron chi connectivity index (χ1n) is 7.52. The molecule has 16 nitrogen and oxygen atoms in total. The first kappa shape index (κ1) is 30.2. The second-order valence-electron chi connectivity index (χ2n) is 5.44. The highest BCUT2D eigenvalue weighted by molar-refractivity contribution is 7.46. The van der Waals surface area contributed by atoms with Crippen LogP contribution < -0.4 is 0 Å². The number of carbonyl (C=O) groups excluding carboxylic acids is 2. The molecule has 0 bridgehead atoms. The molecule has 0 aliphatic rings. The van der Waals surface area contributed by atoms with E-state index in [0.717, 1.165) is 0 Å². The summed E-state index contributed by atoms with van der Waals surface area (Å²) in [5.74, 6) is 0. The molecule has 0 aromatic rings. The third-order valence-corrected chi connectivity index (χ3v) is 3.64. The van der Waals surface area contributed by atoms with Gasteiger partial charge in [-0.3, -0.25) is 4.52 Å². The maximum atomic E-state index is 10.3. The van der Waals surface area contributed by atoms with Crippen LogP contribution in [0.1, 0.15) is 0 Å². The van der Waals surface area contributed by atoms with Crippen molar-refractivity contribution in [2.45, 2.75) is 55.1 Å². The van der Waals surface area contributed by atoms with Crippen LogP contribution in [-0.2, 0) is 18.7 Å². The molecular weight excluding hydrogens is 431 g/mol. The van der Waals surface area contributed by atoms with Crippen LogP contribution in [0.4, 0.5) is 0 Å². The van der Waals surface area contributed by atoms with Gasteiger partial charge in [-0.1, -0.05) is 0 Å². The van der Waals surface area contributed by atoms with Crippen molar-refractivity contribution in [1.29, 1.82) is 0 Å². The molecule has 1 unspecified atom stereocenters. The monoisotopic (exact) mass is 456 g/mol. The molecule has 0 spiro atoms. The van der Waals surface area contributed by atoms with Crippen LogP contribution in [0.2, 0.25) is 0 Å². The van der Waals surface area contributed by atoms with Gasteiger partial charge in [0, 0.05) is 0 Å². The van der Waals surface area contributed by atoms with E-state index in [0.29, 0.717) is 0 Å². The summed E-state index contributed by atoms with van der Waals surface area (Å²) in [7, 11) is -5.11. The van der Waals surface area contributed by atoms with Crippen molar-refractivity contribution in [3.8, 4) is 0 Å². The van der Waals surface area contributed by atoms with Crippen LogP contribution in [0.3, 0.4) is 0 Å². The van der Waals surface area contributed by atoms with Gasteiger partial charge in [0.2, 0.25) is 0 Å². The molecule has 0 aromatic carbocycles. The molecule has 29 heavy (non-hydrogen) atoms. The molecule has 0 heterocycles. The second-order valence-corrected chi connectivity index (χ2v) is 6.63. The van der Waals surface area contributed by atoms with Crippen LogP contribution in [-0.4, -0.2) is 135 Å². The maximum Gasteiger partial charge on any atom is 0.472 e. The molecule has 0 saturated heterocycles. The second kappa shape index (κ2) is 14.1. The zero-order valence-corrected chi connectivity index (χ0v) is 15.4. The molecule has 174 valence electrons. The third kappa shape index (κ3) is 11.7. The van der Waals surface area contributed by atoms with Crippen molar-refractivity contribution in [3.05, 3.63) is 0 Å². The van der Waals surface area contributed by atoms with Crippen molar-refractivity contribution in [2.75, 3.05) is 6.61 Å². The number of aldehydes is 2. The van der Waals surface area contributed by atoms with Gasteiger partial charge in [-0.25, -0.2) is 4.57 Å². The van der Waals surface area contributed by atoms with E-state index in [4.69, 9.17) is 60.9 Å². The first-order valence-corrected chi connectivity index (χ1v) is 9.05. The molecule has 0 rings (SSSR count). The molecule has 12 N–H and O–H groups in total. The number of aliphatic hydroxyl groups excluding tert-OH is 10. The smallest absolute Gasteiger partial charge is 0.394 e. The SMILES string of the molecule is O=C[C@@H](O)[C@@H](O)[C@H](O)[C@H](O)C(O)OP(=O)(O)O.O=C[C@@H](O)[C@@H](O)[C@H](O)[C@H](O)CO. The van der Waals surface area contributed by atoms with Gasteiger partial charge in [0.05, 0.1) is 6.61 Å². The Hall–Kier alpha value is -0.950. The molecule has 17 heteroatoms. The fourth-order valence-corrected chi connectivity index (χ4v) is 1.88. The normalized spacial score (nSPS) is 21.2. The lowest BCUT2D eigenvalue weighted by atomic mass is 10.0. The van der Waals surface area contributed by atoms with Crippen molar-refractivity contribution in [3.63, 3.8) is 0 Å². The Balaban J connectivity index is 0. The Morgan fingerprint density at radius 1 is 0.690 bits per heavy atom. The minimum Gasteiger partial charge on any atom is -0.394 e. The number of phosphoric ester groups is 1. The Morgan fingerprint density at radius 3 is 1.38 bits per heavy atom. The van der Waals surface area contributed by atoms with Crippen LogP contribution in [0.5, 0.6) is 0 Å². The summed E-state index contributed by atoms with van der Waals surface area (Å²) < 4.78 is 13.9. The summed E-state index contributed by atoms with van der Waals surface area (Å²) in [5.41, 5.74) is 0. The summed E-state index contributed by atoms with van der Waals surface area (Å²) in [6.45, 7) is -0.760. The Bertz CT molecular complexity index is 512. The standard InChI is InChI=1S/C6H13O10P.C6H12O6/c7-1-2(8)3(9)4(10)5(11)6(12)16-17(13,14)15;7-1-3(9)5(11)6(12)4(10)2-8/h1-6,8-12H,(H2,13,14,15);1,3-6,8-12H,2H2/t2-,3-,4+,5+,6?;3-,4-,5-,6-/m11/s1. The van der Waals surface area contributed by atoms with Gasteiger partial charge in [0.15, 0.2) is 18.9 Å². The molecule has 0 amide bonds. The summed E-state index contributed by atoms with van der Waals surface area (Å²) in [6, 6.07) is 0. The average molecular weight is 456 g/mol. The molecule has 0 aromatic heterocycles. The van der Waals surface area contributed by atoms with E-state index in [2.05, 4.69) is 4.52 Å². The predicted molar refractivity (Wildman–Crippen MR) is 86.4 cm³/mol. The summed E-state index contributed by atoms with van der Waals surface area (Å²) >= 11 is 0. The van der Waals surface area contributed by atoms with Crippen molar-refractivity contribution in [1.82, 2.24) is 0 Å². The fourth-order valence-electron chi connectivity index (χ4n) is 1.47. The highest BCUT2D eigenvalue weighted by Crippen LogP contribution is 2.37. The van der Waals surface area contributed by atoms with Crippen molar-refractivity contribution < 1.29 is 79.5 Å². The Labute approximate surface area is 162 Å². The van der Waals surface area contributed by atoms with Gasteiger partial charge < -0.3 is 70.4 Å². The first-order chi connectivity index (χ1) is 13.1. The fraction of sp³-hybridized carbons (Fsp3) is 0.833. The molecule has 0 aliphatic heterocycles. The van der Waals surface area contributed by atoms with E-state index in [1.165, 1.54) is 0 Å². The van der Waals surface area contributed by atoms with E-state index in [-0.39, 0.29) is 12.6 Å². The summed E-state index contributed by atoms with van der Waals surface area (Å²) in [4.78, 5) is 36.5. The highest BCUT2D eigenvalue weighted by atomic mass is 31.2. The van der Waals surface area contributed by atoms with Crippen molar-refractivity contribution in [2.24, 2.45) is 0 Å². The number of carbonyl (C=O) groups is 2. The molecule has 0 aliphatic carbocycles. The highest BCUT2D eigenvalue weighted by Gasteiger charge is 2.37. The van der Waals surface area contributed by atoms with Crippen molar-refractivity contribution >= 4 is 20.4 Å². The van der Waals surface area contributed by atoms with Gasteiger partial charge in [-0.05, 0) is 0 Å². The number of aliphatic hydroxyl groups is 10. The van der Waals surface area contributed by atoms with E-state index in [1.807, 2.05) is 0 Å². The molecular formula is C12H25O16P. The van der Waals surface area contributed by atoms with E-state index in [9.17, 15) is 14.2 Å². The predicted octanol–water partition coefficient (Wildman–Crippen LogP) is -7.32. The lowest BCUT2D eigenvalue weighted by Gasteiger charge is -2.27. The minimum atomic E-state index is -5.11. The quantitative estimate of drug-likeness (QED) is 0.0737. The third-order valence-electron chi connectivity index (χ3n) is 3.15. The molecule has 0 fully saturated rings. The Morgan fingerprint density at radius 2 is 1.07 bits per heavy atom. The van der Waals surface area contributed by atoms with Crippen LogP contribution in [0, 0.1) is 0 Å². The maximum absolute atomic E-state index is 10.3. The van der Waals surface area contributed by atoms with Gasteiger partial charge in [0.1, 0.15) is 48.8 Å². The van der Waals surface area contributed by atoms with Gasteiger partial charge in [-0.2, -0.15) is 0 Å². The van der Waals surface area contributed by atoms with E-state index >= 15 is 0 Å². The average Bonchev–Trinajstić information content (AvgIpc) is 2.67.